The van der Waals surface area contributed by atoms with Crippen molar-refractivity contribution in [2.45, 2.75) is 37.4 Å². The predicted molar refractivity (Wildman–Crippen MR) is 153 cm³/mol. The van der Waals surface area contributed by atoms with Crippen molar-refractivity contribution in [2.24, 2.45) is 11.8 Å². The van der Waals surface area contributed by atoms with Crippen molar-refractivity contribution in [3.05, 3.63) is 96.6 Å². The van der Waals surface area contributed by atoms with E-state index < -0.39 is 23.0 Å². The van der Waals surface area contributed by atoms with Gasteiger partial charge in [0.05, 0.1) is 40.9 Å². The molecule has 3 saturated heterocycles. The molecule has 3 heterocycles. The lowest BCUT2D eigenvalue weighted by Crippen LogP contribution is -2.43. The molecule has 0 aliphatic carbocycles. The van der Waals surface area contributed by atoms with Crippen molar-refractivity contribution < 1.29 is 23.8 Å². The summed E-state index contributed by atoms with van der Waals surface area (Å²) >= 11 is 0. The van der Waals surface area contributed by atoms with Crippen molar-refractivity contribution in [2.75, 3.05) is 11.5 Å². The second-order valence-electron chi connectivity index (χ2n) is 11.2. The van der Waals surface area contributed by atoms with Crippen LogP contribution in [0.4, 0.5) is 5.69 Å². The Morgan fingerprint density at radius 3 is 2.44 bits per heavy atom. The van der Waals surface area contributed by atoms with E-state index >= 15 is 0 Å². The van der Waals surface area contributed by atoms with Gasteiger partial charge in [-0.1, -0.05) is 54.6 Å². The van der Waals surface area contributed by atoms with Gasteiger partial charge < -0.3 is 14.2 Å². The molecule has 2 amide bonds. The largest absolute Gasteiger partial charge is 0.493 e. The molecule has 3 aliphatic heterocycles. The number of para-hydroxylation sites is 1. The van der Waals surface area contributed by atoms with Gasteiger partial charge in [-0.25, -0.2) is 4.90 Å². The topological polar surface area (TPSA) is 88.9 Å². The Morgan fingerprint density at radius 2 is 1.61 bits per heavy atom. The molecule has 4 aromatic carbocycles. The van der Waals surface area contributed by atoms with Crippen molar-refractivity contribution in [3.63, 3.8) is 0 Å². The fraction of sp³-hybridized carbons (Fsp3) is 0.265. The van der Waals surface area contributed by atoms with Crippen LogP contribution < -0.4 is 14.4 Å². The van der Waals surface area contributed by atoms with Gasteiger partial charge in [-0.15, -0.1) is 0 Å². The molecule has 0 N–H and O–H groups in total. The molecule has 0 radical (unpaired) electrons. The SMILES string of the molecule is CC12CCC(CCOc3cccc(Oc4ccccc4)c3)(O1)C1C(=O)N(c3ccc4ccccc4c3C#N)C(=O)C12. The number of rotatable bonds is 7. The molecule has 204 valence electrons. The molecular weight excluding hydrogens is 516 g/mol. The van der Waals surface area contributed by atoms with E-state index in [2.05, 4.69) is 6.07 Å². The predicted octanol–water partition coefficient (Wildman–Crippen LogP) is 6.40. The summed E-state index contributed by atoms with van der Waals surface area (Å²) in [6.45, 7) is 2.25. The quantitative estimate of drug-likeness (QED) is 0.250. The zero-order chi connectivity index (χ0) is 28.2. The number of carbonyl (C=O) groups is 2. The minimum Gasteiger partial charge on any atom is -0.493 e. The van der Waals surface area contributed by atoms with E-state index in [4.69, 9.17) is 14.2 Å². The smallest absolute Gasteiger partial charge is 0.240 e. The van der Waals surface area contributed by atoms with Crippen LogP contribution in [0.25, 0.3) is 10.8 Å². The van der Waals surface area contributed by atoms with Crippen molar-refractivity contribution in [1.82, 2.24) is 0 Å². The van der Waals surface area contributed by atoms with Gasteiger partial charge in [-0.3, -0.25) is 9.59 Å². The van der Waals surface area contributed by atoms with Crippen LogP contribution in [-0.2, 0) is 14.3 Å². The molecule has 4 atom stereocenters. The summed E-state index contributed by atoms with van der Waals surface area (Å²) in [4.78, 5) is 29.2. The van der Waals surface area contributed by atoms with Gasteiger partial charge in [0.1, 0.15) is 23.3 Å². The van der Waals surface area contributed by atoms with Gasteiger partial charge in [-0.2, -0.15) is 5.26 Å². The Morgan fingerprint density at radius 1 is 0.878 bits per heavy atom. The third-order valence-electron chi connectivity index (χ3n) is 8.85. The van der Waals surface area contributed by atoms with E-state index in [-0.39, 0.29) is 11.8 Å². The lowest BCUT2D eigenvalue weighted by Gasteiger charge is -2.31. The molecule has 0 saturated carbocycles. The van der Waals surface area contributed by atoms with Crippen LogP contribution in [-0.4, -0.2) is 29.6 Å². The molecule has 0 spiro atoms. The molecule has 4 unspecified atom stereocenters. The molecule has 7 rings (SSSR count). The summed E-state index contributed by atoms with van der Waals surface area (Å²) in [5, 5.41) is 11.7. The third-order valence-corrected chi connectivity index (χ3v) is 8.85. The number of nitrogens with zero attached hydrogens (tertiary/aromatic N) is 2. The lowest BCUT2D eigenvalue weighted by molar-refractivity contribution is -0.131. The van der Waals surface area contributed by atoms with Crippen molar-refractivity contribution in [1.29, 1.82) is 5.26 Å². The van der Waals surface area contributed by atoms with Gasteiger partial charge in [0.2, 0.25) is 11.8 Å². The molecule has 41 heavy (non-hydrogen) atoms. The third kappa shape index (κ3) is 3.98. The highest BCUT2D eigenvalue weighted by molar-refractivity contribution is 6.24. The minimum absolute atomic E-state index is 0.289. The van der Waals surface area contributed by atoms with Gasteiger partial charge in [-0.05, 0) is 55.5 Å². The van der Waals surface area contributed by atoms with Crippen molar-refractivity contribution >= 4 is 28.3 Å². The average molecular weight is 545 g/mol. The highest BCUT2D eigenvalue weighted by Gasteiger charge is 2.74. The summed E-state index contributed by atoms with van der Waals surface area (Å²) in [5.41, 5.74) is -0.861. The molecule has 4 aromatic rings. The Labute approximate surface area is 237 Å². The van der Waals surface area contributed by atoms with Crippen LogP contribution in [0.5, 0.6) is 17.2 Å². The fourth-order valence-corrected chi connectivity index (χ4v) is 7.01. The summed E-state index contributed by atoms with van der Waals surface area (Å²) in [6.07, 6.45) is 1.81. The van der Waals surface area contributed by atoms with E-state index in [0.29, 0.717) is 48.6 Å². The first-order chi connectivity index (χ1) is 19.9. The van der Waals surface area contributed by atoms with Gasteiger partial charge in [0.25, 0.3) is 0 Å². The van der Waals surface area contributed by atoms with Crippen LogP contribution in [0.2, 0.25) is 0 Å². The second-order valence-corrected chi connectivity index (χ2v) is 11.2. The number of hydrogen-bond donors (Lipinski definition) is 0. The van der Waals surface area contributed by atoms with E-state index in [9.17, 15) is 14.9 Å². The van der Waals surface area contributed by atoms with Crippen LogP contribution in [0.15, 0.2) is 91.0 Å². The molecule has 7 heteroatoms. The molecule has 7 nitrogen and oxygen atoms in total. The summed E-state index contributed by atoms with van der Waals surface area (Å²) in [7, 11) is 0. The summed E-state index contributed by atoms with van der Waals surface area (Å²) in [5.74, 6) is 0.242. The van der Waals surface area contributed by atoms with E-state index in [1.54, 1.807) is 6.07 Å². The monoisotopic (exact) mass is 544 g/mol. The average Bonchev–Trinajstić information content (AvgIpc) is 3.57. The number of benzene rings is 4. The van der Waals surface area contributed by atoms with Crippen LogP contribution in [0, 0.1) is 23.2 Å². The number of hydrogen-bond acceptors (Lipinski definition) is 6. The van der Waals surface area contributed by atoms with Gasteiger partial charge in [0.15, 0.2) is 0 Å². The van der Waals surface area contributed by atoms with Gasteiger partial charge in [0, 0.05) is 17.9 Å². The first kappa shape index (κ1) is 25.3. The van der Waals surface area contributed by atoms with E-state index in [0.717, 1.165) is 16.5 Å². The van der Waals surface area contributed by atoms with Crippen LogP contribution >= 0.6 is 0 Å². The maximum absolute atomic E-state index is 14.0. The molecule has 2 bridgehead atoms. The lowest BCUT2D eigenvalue weighted by atomic mass is 9.67. The van der Waals surface area contributed by atoms with Gasteiger partial charge >= 0.3 is 0 Å². The Balaban J connectivity index is 1.13. The van der Waals surface area contributed by atoms with Crippen LogP contribution in [0.3, 0.4) is 0 Å². The maximum Gasteiger partial charge on any atom is 0.240 e. The normalized spacial score (nSPS) is 26.3. The second kappa shape index (κ2) is 9.46. The molecular formula is C34H28N2O5. The van der Waals surface area contributed by atoms with E-state index in [1.807, 2.05) is 91.9 Å². The fourth-order valence-electron chi connectivity index (χ4n) is 7.01. The summed E-state index contributed by atoms with van der Waals surface area (Å²) in [6, 6.07) is 30.3. The Hall–Kier alpha value is -4.67. The minimum atomic E-state index is -0.803. The Bertz CT molecular complexity index is 1730. The number of fused-ring (bicyclic) bond motifs is 6. The first-order valence-corrected chi connectivity index (χ1v) is 13.9. The molecule has 3 fully saturated rings. The number of anilines is 1. The summed E-state index contributed by atoms with van der Waals surface area (Å²) < 4.78 is 18.6. The van der Waals surface area contributed by atoms with Crippen molar-refractivity contribution in [3.8, 4) is 23.3 Å². The zero-order valence-electron chi connectivity index (χ0n) is 22.6. The number of ether oxygens (including phenoxy) is 3. The number of nitriles is 1. The maximum atomic E-state index is 14.0. The number of carbonyl (C=O) groups excluding carboxylic acids is 2. The number of amides is 2. The molecule has 0 aromatic heterocycles. The highest BCUT2D eigenvalue weighted by atomic mass is 16.5. The van der Waals surface area contributed by atoms with Crippen LogP contribution in [0.1, 0.15) is 31.7 Å². The first-order valence-electron chi connectivity index (χ1n) is 13.9. The number of imide groups is 1. The zero-order valence-corrected chi connectivity index (χ0v) is 22.6. The highest BCUT2D eigenvalue weighted by Crippen LogP contribution is 2.62. The Kier molecular flexibility index (Phi) is 5.84. The van der Waals surface area contributed by atoms with E-state index in [1.165, 1.54) is 4.90 Å². The standard InChI is InChI=1S/C34H28N2O5/c1-33-16-17-34(41-33,18-19-39-24-11-7-12-25(20-24)40-23-9-3-2-4-10-23)30-29(33)31(37)36(32(30)38)28-15-14-22-8-5-6-13-26(22)27(28)21-35/h2-15,20,29-30H,16-19H2,1H3. The molecule has 3 aliphatic rings.